The Morgan fingerprint density at radius 2 is 1.95 bits per heavy atom. The third-order valence-electron chi connectivity index (χ3n) is 3.36. The fourth-order valence-electron chi connectivity index (χ4n) is 2.24. The Balaban J connectivity index is 2.10. The van der Waals surface area contributed by atoms with Crippen LogP contribution in [0.3, 0.4) is 0 Å². The van der Waals surface area contributed by atoms with E-state index in [0.717, 1.165) is 23.4 Å². The molecule has 0 aliphatic heterocycles. The van der Waals surface area contributed by atoms with Gasteiger partial charge in [0.25, 0.3) is 5.91 Å². The maximum atomic E-state index is 12.5. The molecule has 1 N–H and O–H groups in total. The zero-order valence-electron chi connectivity index (χ0n) is 12.8. The number of aryl methyl sites for hydroxylation is 1. The average Bonchev–Trinajstić information content (AvgIpc) is 2.49. The highest BCUT2D eigenvalue weighted by Crippen LogP contribution is 2.17. The van der Waals surface area contributed by atoms with Crippen LogP contribution >= 0.6 is 0 Å². The number of hydrogen-bond donors (Lipinski definition) is 1. The summed E-state index contributed by atoms with van der Waals surface area (Å²) in [6.07, 6.45) is 3.48. The monoisotopic (exact) mass is 283 g/mol. The molecule has 1 aromatic carbocycles. The van der Waals surface area contributed by atoms with Crippen LogP contribution < -0.4 is 5.32 Å². The summed E-state index contributed by atoms with van der Waals surface area (Å²) < 4.78 is 0. The van der Waals surface area contributed by atoms with Crippen LogP contribution in [0.15, 0.2) is 42.7 Å². The lowest BCUT2D eigenvalue weighted by Crippen LogP contribution is -2.26. The molecule has 0 aliphatic carbocycles. The van der Waals surface area contributed by atoms with Crippen molar-refractivity contribution in [1.82, 2.24) is 9.88 Å². The van der Waals surface area contributed by atoms with Gasteiger partial charge in [0.1, 0.15) is 0 Å². The summed E-state index contributed by atoms with van der Waals surface area (Å²) in [4.78, 5) is 18.2. The Morgan fingerprint density at radius 1 is 1.24 bits per heavy atom. The van der Waals surface area contributed by atoms with Crippen LogP contribution in [-0.2, 0) is 6.54 Å². The molecule has 1 heterocycles. The summed E-state index contributed by atoms with van der Waals surface area (Å²) in [6, 6.07) is 9.61. The Bertz CT molecular complexity index is 611. The molecule has 0 saturated heterocycles. The number of benzene rings is 1. The predicted molar refractivity (Wildman–Crippen MR) is 85.4 cm³/mol. The third kappa shape index (κ3) is 3.81. The van der Waals surface area contributed by atoms with Gasteiger partial charge in [-0.1, -0.05) is 0 Å². The number of hydrogen-bond acceptors (Lipinski definition) is 3. The molecule has 110 valence electrons. The topological polar surface area (TPSA) is 45.2 Å². The largest absolute Gasteiger partial charge is 0.385 e. The summed E-state index contributed by atoms with van der Waals surface area (Å²) >= 11 is 0. The Morgan fingerprint density at radius 3 is 2.57 bits per heavy atom. The van der Waals surface area contributed by atoms with Gasteiger partial charge in [0.15, 0.2) is 0 Å². The molecule has 0 bridgehead atoms. The van der Waals surface area contributed by atoms with Gasteiger partial charge in [-0.3, -0.25) is 9.78 Å². The van der Waals surface area contributed by atoms with Crippen molar-refractivity contribution in [1.29, 1.82) is 0 Å². The number of rotatable bonds is 5. The van der Waals surface area contributed by atoms with Gasteiger partial charge in [-0.25, -0.2) is 0 Å². The van der Waals surface area contributed by atoms with E-state index in [1.54, 1.807) is 17.3 Å². The van der Waals surface area contributed by atoms with Crippen LogP contribution in [0.1, 0.15) is 28.4 Å². The molecule has 0 saturated carbocycles. The first-order valence-corrected chi connectivity index (χ1v) is 7.10. The van der Waals surface area contributed by atoms with Crippen molar-refractivity contribution in [2.24, 2.45) is 0 Å². The van der Waals surface area contributed by atoms with E-state index in [4.69, 9.17) is 0 Å². The lowest BCUT2D eigenvalue weighted by atomic mass is 10.1. The minimum atomic E-state index is 0.0259. The number of amides is 1. The van der Waals surface area contributed by atoms with Crippen LogP contribution in [0.5, 0.6) is 0 Å². The minimum Gasteiger partial charge on any atom is -0.385 e. The van der Waals surface area contributed by atoms with Crippen LogP contribution in [0.25, 0.3) is 0 Å². The van der Waals surface area contributed by atoms with Gasteiger partial charge in [-0.2, -0.15) is 0 Å². The minimum absolute atomic E-state index is 0.0259. The van der Waals surface area contributed by atoms with Crippen molar-refractivity contribution in [2.45, 2.75) is 20.4 Å². The second-order valence-electron chi connectivity index (χ2n) is 5.08. The normalized spacial score (nSPS) is 10.2. The van der Waals surface area contributed by atoms with Crippen LogP contribution in [0, 0.1) is 6.92 Å². The molecule has 0 atom stereocenters. The Kier molecular flexibility index (Phi) is 4.93. The van der Waals surface area contributed by atoms with Crippen LogP contribution in [0.2, 0.25) is 0 Å². The summed E-state index contributed by atoms with van der Waals surface area (Å²) in [7, 11) is 1.82. The number of carbonyl (C=O) groups is 1. The van der Waals surface area contributed by atoms with Crippen LogP contribution in [0.4, 0.5) is 5.69 Å². The van der Waals surface area contributed by atoms with Gasteiger partial charge in [0.05, 0.1) is 0 Å². The number of pyridine rings is 1. The molecule has 0 spiro atoms. The first-order chi connectivity index (χ1) is 10.1. The third-order valence-corrected chi connectivity index (χ3v) is 3.36. The predicted octanol–water partition coefficient (Wildman–Crippen LogP) is 3.09. The number of anilines is 1. The fourth-order valence-corrected chi connectivity index (χ4v) is 2.24. The molecule has 2 aromatic rings. The smallest absolute Gasteiger partial charge is 0.253 e. The number of nitrogens with one attached hydrogen (secondary N) is 1. The Hall–Kier alpha value is -2.36. The van der Waals surface area contributed by atoms with Crippen LogP contribution in [-0.4, -0.2) is 29.4 Å². The molecule has 0 aliphatic rings. The van der Waals surface area contributed by atoms with E-state index in [9.17, 15) is 4.79 Å². The van der Waals surface area contributed by atoms with Gasteiger partial charge >= 0.3 is 0 Å². The van der Waals surface area contributed by atoms with E-state index >= 15 is 0 Å². The maximum absolute atomic E-state index is 12.5. The molecular formula is C17H21N3O. The maximum Gasteiger partial charge on any atom is 0.253 e. The SMILES string of the molecule is CCNc1ccc(C(=O)N(C)Cc2ccncc2)cc1C. The van der Waals surface area contributed by atoms with Gasteiger partial charge < -0.3 is 10.2 Å². The number of nitrogens with zero attached hydrogens (tertiary/aromatic N) is 2. The molecule has 1 aromatic heterocycles. The zero-order valence-corrected chi connectivity index (χ0v) is 12.8. The van der Waals surface area contributed by atoms with E-state index in [2.05, 4.69) is 17.2 Å². The van der Waals surface area contributed by atoms with Crippen molar-refractivity contribution in [3.8, 4) is 0 Å². The summed E-state index contributed by atoms with van der Waals surface area (Å²) in [5, 5.41) is 3.28. The van der Waals surface area contributed by atoms with Crippen molar-refractivity contribution in [3.63, 3.8) is 0 Å². The van der Waals surface area contributed by atoms with Gasteiger partial charge in [-0.05, 0) is 55.3 Å². The fraction of sp³-hybridized carbons (Fsp3) is 0.294. The lowest BCUT2D eigenvalue weighted by Gasteiger charge is -2.18. The first-order valence-electron chi connectivity index (χ1n) is 7.10. The number of carbonyl (C=O) groups excluding carboxylic acids is 1. The van der Waals surface area contributed by atoms with Gasteiger partial charge in [0.2, 0.25) is 0 Å². The van der Waals surface area contributed by atoms with E-state index < -0.39 is 0 Å². The van der Waals surface area contributed by atoms with Gasteiger partial charge in [0, 0.05) is 43.8 Å². The van der Waals surface area contributed by atoms with Crippen molar-refractivity contribution in [2.75, 3.05) is 18.9 Å². The molecule has 0 fully saturated rings. The average molecular weight is 283 g/mol. The van der Waals surface area contributed by atoms with E-state index in [0.29, 0.717) is 12.1 Å². The molecular weight excluding hydrogens is 262 g/mol. The molecule has 0 radical (unpaired) electrons. The first kappa shape index (κ1) is 15.0. The summed E-state index contributed by atoms with van der Waals surface area (Å²) in [6.45, 7) is 5.52. The lowest BCUT2D eigenvalue weighted by molar-refractivity contribution is 0.0785. The second kappa shape index (κ2) is 6.88. The van der Waals surface area contributed by atoms with Crippen molar-refractivity contribution in [3.05, 3.63) is 59.4 Å². The van der Waals surface area contributed by atoms with E-state index in [1.165, 1.54) is 0 Å². The zero-order chi connectivity index (χ0) is 15.2. The Labute approximate surface area is 125 Å². The molecule has 21 heavy (non-hydrogen) atoms. The highest BCUT2D eigenvalue weighted by Gasteiger charge is 2.13. The molecule has 4 heteroatoms. The van der Waals surface area contributed by atoms with E-state index in [-0.39, 0.29) is 5.91 Å². The second-order valence-corrected chi connectivity index (χ2v) is 5.08. The summed E-state index contributed by atoms with van der Waals surface area (Å²) in [5.74, 6) is 0.0259. The van der Waals surface area contributed by atoms with E-state index in [1.807, 2.05) is 44.3 Å². The molecule has 4 nitrogen and oxygen atoms in total. The highest BCUT2D eigenvalue weighted by atomic mass is 16.2. The molecule has 2 rings (SSSR count). The quantitative estimate of drug-likeness (QED) is 0.917. The molecule has 1 amide bonds. The van der Waals surface area contributed by atoms with Crippen molar-refractivity contribution < 1.29 is 4.79 Å². The number of aromatic nitrogens is 1. The summed E-state index contributed by atoms with van der Waals surface area (Å²) in [5.41, 5.74) is 3.94. The molecule has 0 unspecified atom stereocenters. The van der Waals surface area contributed by atoms with Crippen molar-refractivity contribution >= 4 is 11.6 Å². The van der Waals surface area contributed by atoms with Gasteiger partial charge in [-0.15, -0.1) is 0 Å². The highest BCUT2D eigenvalue weighted by molar-refractivity contribution is 5.94. The standard InChI is InChI=1S/C17H21N3O/c1-4-19-16-6-5-15(11-13(16)2)17(21)20(3)12-14-7-9-18-10-8-14/h5-11,19H,4,12H2,1-3H3.